The fraction of sp³-hybridized carbons (Fsp3) is 0.765. The lowest BCUT2D eigenvalue weighted by Crippen LogP contribution is -2.34. The van der Waals surface area contributed by atoms with Gasteiger partial charge in [-0.25, -0.2) is 4.98 Å². The van der Waals surface area contributed by atoms with Crippen molar-refractivity contribution in [1.29, 1.82) is 0 Å². The van der Waals surface area contributed by atoms with Gasteiger partial charge in [0.2, 0.25) is 5.91 Å². The van der Waals surface area contributed by atoms with E-state index in [1.807, 2.05) is 13.2 Å². The number of nitrogens with zero attached hydrogens (tertiary/aromatic N) is 1. The van der Waals surface area contributed by atoms with Crippen molar-refractivity contribution < 1.29 is 4.79 Å². The maximum Gasteiger partial charge on any atom is 0.229 e. The van der Waals surface area contributed by atoms with Crippen LogP contribution in [-0.2, 0) is 4.79 Å². The average Bonchev–Trinajstić information content (AvgIpc) is 3.04. The molecule has 0 aliphatic heterocycles. The highest BCUT2D eigenvalue weighted by Crippen LogP contribution is 2.37. The number of hydrogen-bond acceptors (Lipinski definition) is 4. The maximum atomic E-state index is 12.4. The second-order valence-corrected chi connectivity index (χ2v) is 7.79. The number of nitrogens with one attached hydrogen (secondary N) is 2. The number of anilines is 1. The zero-order valence-corrected chi connectivity index (χ0v) is 14.3. The van der Waals surface area contributed by atoms with Gasteiger partial charge in [0.1, 0.15) is 0 Å². The molecule has 0 spiro atoms. The van der Waals surface area contributed by atoms with Crippen LogP contribution in [0, 0.1) is 5.92 Å². The van der Waals surface area contributed by atoms with E-state index in [4.69, 9.17) is 0 Å². The minimum Gasteiger partial charge on any atom is -0.317 e. The molecule has 0 atom stereocenters. The Bertz CT molecular complexity index is 488. The highest BCUT2D eigenvalue weighted by Gasteiger charge is 2.26. The number of carbonyl (C=O) groups excluding carboxylic acids is 1. The molecule has 0 radical (unpaired) electrons. The van der Waals surface area contributed by atoms with Crippen molar-refractivity contribution in [2.45, 2.75) is 69.7 Å². The van der Waals surface area contributed by atoms with E-state index in [1.165, 1.54) is 37.0 Å². The highest BCUT2D eigenvalue weighted by atomic mass is 32.1. The van der Waals surface area contributed by atoms with Gasteiger partial charge in [-0.1, -0.05) is 19.3 Å². The van der Waals surface area contributed by atoms with E-state index in [0.29, 0.717) is 12.0 Å². The molecule has 2 saturated carbocycles. The summed E-state index contributed by atoms with van der Waals surface area (Å²) in [6, 6.07) is 0.585. The van der Waals surface area contributed by atoms with Crippen molar-refractivity contribution in [3.8, 4) is 0 Å². The quantitative estimate of drug-likeness (QED) is 0.884. The van der Waals surface area contributed by atoms with Gasteiger partial charge in [0.05, 0.1) is 0 Å². The standard InChI is InChI=1S/C17H27N3OS/c1-18-14-9-7-13(8-10-14)16(21)20-17-19-11-15(22-17)12-5-3-2-4-6-12/h11-14,18H,2-10H2,1H3,(H,19,20,21)/t13-,14+. The SMILES string of the molecule is CN[C@H]1CC[C@@H](C(=O)Nc2ncc(C3CCCCC3)s2)CC1. The Labute approximate surface area is 137 Å². The van der Waals surface area contributed by atoms with Crippen LogP contribution >= 0.6 is 11.3 Å². The highest BCUT2D eigenvalue weighted by molar-refractivity contribution is 7.15. The van der Waals surface area contributed by atoms with Crippen molar-refractivity contribution >= 4 is 22.4 Å². The molecule has 1 heterocycles. The molecule has 4 nitrogen and oxygen atoms in total. The number of amides is 1. The lowest BCUT2D eigenvalue weighted by Gasteiger charge is -2.27. The molecule has 2 aliphatic carbocycles. The van der Waals surface area contributed by atoms with E-state index in [0.717, 1.165) is 30.8 Å². The van der Waals surface area contributed by atoms with Gasteiger partial charge in [0, 0.05) is 23.0 Å². The molecule has 2 aliphatic rings. The molecule has 0 saturated heterocycles. The predicted molar refractivity (Wildman–Crippen MR) is 91.4 cm³/mol. The van der Waals surface area contributed by atoms with Gasteiger partial charge in [0.25, 0.3) is 0 Å². The summed E-state index contributed by atoms with van der Waals surface area (Å²) < 4.78 is 0. The number of rotatable bonds is 4. The van der Waals surface area contributed by atoms with Gasteiger partial charge in [-0.05, 0) is 51.5 Å². The van der Waals surface area contributed by atoms with Crippen LogP contribution < -0.4 is 10.6 Å². The molecule has 2 N–H and O–H groups in total. The Morgan fingerprint density at radius 2 is 1.86 bits per heavy atom. The minimum absolute atomic E-state index is 0.159. The fourth-order valence-electron chi connectivity index (χ4n) is 3.77. The Kier molecular flexibility index (Phi) is 5.47. The number of hydrogen-bond donors (Lipinski definition) is 2. The van der Waals surface area contributed by atoms with Crippen LogP contribution in [0.5, 0.6) is 0 Å². The van der Waals surface area contributed by atoms with Gasteiger partial charge in [-0.2, -0.15) is 0 Å². The molecule has 0 unspecified atom stereocenters. The fourth-order valence-corrected chi connectivity index (χ4v) is 4.76. The summed E-state index contributed by atoms with van der Waals surface area (Å²) in [5.74, 6) is 0.994. The summed E-state index contributed by atoms with van der Waals surface area (Å²) in [5.41, 5.74) is 0. The molecule has 2 fully saturated rings. The molecule has 1 amide bonds. The van der Waals surface area contributed by atoms with Crippen molar-refractivity contribution in [3.63, 3.8) is 0 Å². The number of carbonyl (C=O) groups is 1. The van der Waals surface area contributed by atoms with Gasteiger partial charge in [0.15, 0.2) is 5.13 Å². The number of aromatic nitrogens is 1. The maximum absolute atomic E-state index is 12.4. The summed E-state index contributed by atoms with van der Waals surface area (Å²) in [6.45, 7) is 0. The van der Waals surface area contributed by atoms with E-state index in [-0.39, 0.29) is 11.8 Å². The number of thiazole rings is 1. The molecule has 5 heteroatoms. The van der Waals surface area contributed by atoms with Crippen molar-refractivity contribution in [2.75, 3.05) is 12.4 Å². The zero-order valence-electron chi connectivity index (χ0n) is 13.4. The normalized spacial score (nSPS) is 26.8. The summed E-state index contributed by atoms with van der Waals surface area (Å²) in [4.78, 5) is 18.2. The molecular weight excluding hydrogens is 294 g/mol. The summed E-state index contributed by atoms with van der Waals surface area (Å²) >= 11 is 1.68. The lowest BCUT2D eigenvalue weighted by molar-refractivity contribution is -0.120. The zero-order chi connectivity index (χ0) is 15.4. The lowest BCUT2D eigenvalue weighted by atomic mass is 9.85. The first-order chi connectivity index (χ1) is 10.8. The van der Waals surface area contributed by atoms with Crippen molar-refractivity contribution in [1.82, 2.24) is 10.3 Å². The van der Waals surface area contributed by atoms with E-state index in [1.54, 1.807) is 11.3 Å². The Hall–Kier alpha value is -0.940. The third-order valence-electron chi connectivity index (χ3n) is 5.27. The van der Waals surface area contributed by atoms with Crippen molar-refractivity contribution in [2.24, 2.45) is 5.92 Å². The Morgan fingerprint density at radius 3 is 2.55 bits per heavy atom. The average molecular weight is 321 g/mol. The molecule has 0 aromatic carbocycles. The van der Waals surface area contributed by atoms with Crippen molar-refractivity contribution in [3.05, 3.63) is 11.1 Å². The molecule has 3 rings (SSSR count). The first kappa shape index (κ1) is 15.9. The first-order valence-corrected chi connectivity index (χ1v) is 9.51. The third kappa shape index (κ3) is 3.87. The minimum atomic E-state index is 0.159. The van der Waals surface area contributed by atoms with Crippen LogP contribution in [0.2, 0.25) is 0 Å². The van der Waals surface area contributed by atoms with E-state index in [9.17, 15) is 4.79 Å². The second kappa shape index (κ2) is 7.55. The second-order valence-electron chi connectivity index (χ2n) is 6.73. The van der Waals surface area contributed by atoms with E-state index in [2.05, 4.69) is 15.6 Å². The van der Waals surface area contributed by atoms with E-state index < -0.39 is 0 Å². The smallest absolute Gasteiger partial charge is 0.229 e. The van der Waals surface area contributed by atoms with Gasteiger partial charge >= 0.3 is 0 Å². The molecule has 1 aromatic heterocycles. The summed E-state index contributed by atoms with van der Waals surface area (Å²) in [6.07, 6.45) is 12.7. The Balaban J connectivity index is 1.52. The third-order valence-corrected chi connectivity index (χ3v) is 6.34. The summed E-state index contributed by atoms with van der Waals surface area (Å²) in [7, 11) is 2.01. The van der Waals surface area contributed by atoms with Crippen LogP contribution in [0.15, 0.2) is 6.20 Å². The van der Waals surface area contributed by atoms with Crippen LogP contribution in [0.3, 0.4) is 0 Å². The van der Waals surface area contributed by atoms with Crippen LogP contribution in [-0.4, -0.2) is 24.0 Å². The molecule has 1 aromatic rings. The molecular formula is C17H27N3OS. The largest absolute Gasteiger partial charge is 0.317 e. The van der Waals surface area contributed by atoms with Crippen LogP contribution in [0.1, 0.15) is 68.6 Å². The molecule has 0 bridgehead atoms. The monoisotopic (exact) mass is 321 g/mol. The molecule has 122 valence electrons. The Morgan fingerprint density at radius 1 is 1.14 bits per heavy atom. The van der Waals surface area contributed by atoms with E-state index >= 15 is 0 Å². The van der Waals surface area contributed by atoms with Gasteiger partial charge < -0.3 is 10.6 Å². The summed E-state index contributed by atoms with van der Waals surface area (Å²) in [5, 5.41) is 7.16. The van der Waals surface area contributed by atoms with Crippen LogP contribution in [0.4, 0.5) is 5.13 Å². The van der Waals surface area contributed by atoms with Gasteiger partial charge in [-0.15, -0.1) is 11.3 Å². The molecule has 22 heavy (non-hydrogen) atoms. The van der Waals surface area contributed by atoms with Gasteiger partial charge in [-0.3, -0.25) is 4.79 Å². The first-order valence-electron chi connectivity index (χ1n) is 8.70. The predicted octanol–water partition coefficient (Wildman–Crippen LogP) is 3.91. The topological polar surface area (TPSA) is 54.0 Å². The van der Waals surface area contributed by atoms with Crippen LogP contribution in [0.25, 0.3) is 0 Å².